The third-order valence-electron chi connectivity index (χ3n) is 5.29. The second-order valence-electron chi connectivity index (χ2n) is 7.22. The molecule has 1 aliphatic heterocycles. The third kappa shape index (κ3) is 4.35. The molecule has 7 heteroatoms. The molecule has 0 N–H and O–H groups in total. The predicted molar refractivity (Wildman–Crippen MR) is 108 cm³/mol. The summed E-state index contributed by atoms with van der Waals surface area (Å²) in [5.74, 6) is -0.855. The summed E-state index contributed by atoms with van der Waals surface area (Å²) < 4.78 is 29.0. The summed E-state index contributed by atoms with van der Waals surface area (Å²) in [6, 6.07) is 12.3. The fourth-order valence-corrected chi connectivity index (χ4v) is 5.40. The zero-order valence-corrected chi connectivity index (χ0v) is 16.9. The lowest BCUT2D eigenvalue weighted by atomic mass is 10.0. The molecule has 150 valence electrons. The van der Waals surface area contributed by atoms with Gasteiger partial charge in [0.25, 0.3) is 5.91 Å². The summed E-state index contributed by atoms with van der Waals surface area (Å²) in [5, 5.41) is 1.68. The molecule has 0 saturated carbocycles. The zero-order chi connectivity index (χ0) is 20.3. The lowest BCUT2D eigenvalue weighted by molar-refractivity contribution is -0.138. The van der Waals surface area contributed by atoms with Crippen LogP contribution in [0.15, 0.2) is 42.5 Å². The van der Waals surface area contributed by atoms with Crippen molar-refractivity contribution in [2.24, 2.45) is 0 Å². The topological polar surface area (TPSA) is 80.8 Å². The van der Waals surface area contributed by atoms with E-state index in [0.29, 0.717) is 18.4 Å². The van der Waals surface area contributed by atoms with Gasteiger partial charge in [-0.2, -0.15) is 0 Å². The van der Waals surface area contributed by atoms with Gasteiger partial charge in [-0.15, -0.1) is 0 Å². The zero-order valence-electron chi connectivity index (χ0n) is 16.1. The molecule has 0 aromatic heterocycles. The Hall–Kier alpha value is -2.41. The largest absolute Gasteiger partial charge is 0.452 e. The molecule has 1 aliphatic rings. The van der Waals surface area contributed by atoms with Gasteiger partial charge in [-0.05, 0) is 36.6 Å². The van der Waals surface area contributed by atoms with Crippen LogP contribution in [0, 0.1) is 0 Å². The van der Waals surface area contributed by atoms with Gasteiger partial charge >= 0.3 is 5.97 Å². The Morgan fingerprint density at radius 3 is 2.57 bits per heavy atom. The van der Waals surface area contributed by atoms with Crippen LogP contribution in [0.2, 0.25) is 0 Å². The van der Waals surface area contributed by atoms with E-state index in [2.05, 4.69) is 0 Å². The van der Waals surface area contributed by atoms with Crippen LogP contribution < -0.4 is 0 Å². The molecule has 1 amide bonds. The van der Waals surface area contributed by atoms with Crippen molar-refractivity contribution in [3.05, 3.63) is 48.0 Å². The van der Waals surface area contributed by atoms with Crippen LogP contribution in [0.4, 0.5) is 0 Å². The smallest absolute Gasteiger partial charge is 0.339 e. The Morgan fingerprint density at radius 1 is 1.18 bits per heavy atom. The Morgan fingerprint density at radius 2 is 1.89 bits per heavy atom. The summed E-state index contributed by atoms with van der Waals surface area (Å²) in [7, 11) is -3.12. The highest BCUT2D eigenvalue weighted by molar-refractivity contribution is 7.91. The first-order valence-corrected chi connectivity index (χ1v) is 11.3. The lowest BCUT2D eigenvalue weighted by Crippen LogP contribution is -2.48. The Bertz CT molecular complexity index is 980. The van der Waals surface area contributed by atoms with Crippen molar-refractivity contribution in [2.45, 2.75) is 38.8 Å². The lowest BCUT2D eigenvalue weighted by Gasteiger charge is -2.33. The Labute approximate surface area is 165 Å². The Balaban J connectivity index is 1.72. The number of hydrogen-bond donors (Lipinski definition) is 0. The molecule has 28 heavy (non-hydrogen) atoms. The normalized spacial score (nSPS) is 19.3. The van der Waals surface area contributed by atoms with Crippen molar-refractivity contribution >= 4 is 32.5 Å². The maximum atomic E-state index is 12.8. The molecule has 1 fully saturated rings. The molecular weight excluding hydrogens is 378 g/mol. The minimum Gasteiger partial charge on any atom is -0.452 e. The first kappa shape index (κ1) is 20.3. The van der Waals surface area contributed by atoms with Gasteiger partial charge in [0.15, 0.2) is 16.4 Å². The number of carbonyl (C=O) groups excluding carboxylic acids is 2. The minimum absolute atomic E-state index is 0.0274. The number of sulfone groups is 1. The molecule has 0 radical (unpaired) electrons. The van der Waals surface area contributed by atoms with Crippen LogP contribution in [-0.4, -0.2) is 55.4 Å². The second-order valence-corrected chi connectivity index (χ2v) is 9.45. The molecule has 6 nitrogen and oxygen atoms in total. The molecule has 2 atom stereocenters. The molecule has 0 aliphatic carbocycles. The number of ether oxygens (including phenoxy) is 1. The SMILES string of the molecule is CC[C@H](C)N(C(=O)COC(=O)c1cccc2ccccc12)[C@@H]1CCS(=O)(=O)C1. The highest BCUT2D eigenvalue weighted by atomic mass is 32.2. The minimum atomic E-state index is -3.12. The highest BCUT2D eigenvalue weighted by Crippen LogP contribution is 2.22. The molecule has 0 spiro atoms. The molecule has 1 heterocycles. The van der Waals surface area contributed by atoms with Gasteiger partial charge < -0.3 is 9.64 Å². The monoisotopic (exact) mass is 403 g/mol. The standard InChI is InChI=1S/C21H25NO5S/c1-3-15(2)22(17-11-12-28(25,26)14-17)20(23)13-27-21(24)19-10-6-8-16-7-4-5-9-18(16)19/h4-10,15,17H,3,11-14H2,1-2H3/t15-,17+/m0/s1. The molecule has 2 aromatic carbocycles. The van der Waals surface area contributed by atoms with E-state index in [1.165, 1.54) is 0 Å². The molecule has 2 aromatic rings. The first-order valence-electron chi connectivity index (χ1n) is 9.49. The van der Waals surface area contributed by atoms with Gasteiger partial charge in [0.2, 0.25) is 0 Å². The maximum absolute atomic E-state index is 12.8. The van der Waals surface area contributed by atoms with Gasteiger partial charge in [0, 0.05) is 12.1 Å². The van der Waals surface area contributed by atoms with Crippen molar-refractivity contribution in [1.29, 1.82) is 0 Å². The van der Waals surface area contributed by atoms with E-state index in [1.54, 1.807) is 17.0 Å². The number of nitrogens with zero attached hydrogens (tertiary/aromatic N) is 1. The maximum Gasteiger partial charge on any atom is 0.339 e. The summed E-state index contributed by atoms with van der Waals surface area (Å²) in [4.78, 5) is 26.9. The van der Waals surface area contributed by atoms with Crippen LogP contribution in [0.5, 0.6) is 0 Å². The molecule has 0 unspecified atom stereocenters. The fourth-order valence-electron chi connectivity index (χ4n) is 3.68. The predicted octanol–water partition coefficient (Wildman–Crippen LogP) is 2.81. The van der Waals surface area contributed by atoms with Crippen LogP contribution in [0.1, 0.15) is 37.0 Å². The van der Waals surface area contributed by atoms with Gasteiger partial charge in [0.1, 0.15) is 0 Å². The van der Waals surface area contributed by atoms with Gasteiger partial charge in [0.05, 0.1) is 17.1 Å². The van der Waals surface area contributed by atoms with Crippen LogP contribution in [-0.2, 0) is 19.4 Å². The van der Waals surface area contributed by atoms with E-state index in [1.807, 2.05) is 44.2 Å². The third-order valence-corrected chi connectivity index (χ3v) is 7.04. The van der Waals surface area contributed by atoms with Gasteiger partial charge in [-0.25, -0.2) is 13.2 Å². The highest BCUT2D eigenvalue weighted by Gasteiger charge is 2.36. The number of benzene rings is 2. The van der Waals surface area contributed by atoms with E-state index in [0.717, 1.165) is 10.8 Å². The van der Waals surface area contributed by atoms with Crippen molar-refractivity contribution in [1.82, 2.24) is 4.90 Å². The number of carbonyl (C=O) groups is 2. The fraction of sp³-hybridized carbons (Fsp3) is 0.429. The number of fused-ring (bicyclic) bond motifs is 1. The van der Waals surface area contributed by atoms with E-state index in [9.17, 15) is 18.0 Å². The van der Waals surface area contributed by atoms with E-state index in [-0.39, 0.29) is 29.5 Å². The van der Waals surface area contributed by atoms with E-state index < -0.39 is 22.4 Å². The van der Waals surface area contributed by atoms with Crippen LogP contribution in [0.3, 0.4) is 0 Å². The Kier molecular flexibility index (Phi) is 6.03. The quantitative estimate of drug-likeness (QED) is 0.693. The molecular formula is C21H25NO5S. The van der Waals surface area contributed by atoms with Gasteiger partial charge in [-0.1, -0.05) is 43.3 Å². The van der Waals surface area contributed by atoms with Crippen molar-refractivity contribution in [3.63, 3.8) is 0 Å². The van der Waals surface area contributed by atoms with Crippen molar-refractivity contribution < 1.29 is 22.7 Å². The summed E-state index contributed by atoms with van der Waals surface area (Å²) in [6.45, 7) is 3.43. The number of esters is 1. The summed E-state index contributed by atoms with van der Waals surface area (Å²) >= 11 is 0. The van der Waals surface area contributed by atoms with Crippen molar-refractivity contribution in [2.75, 3.05) is 18.1 Å². The average Bonchev–Trinajstić information content (AvgIpc) is 3.04. The first-order chi connectivity index (χ1) is 13.3. The van der Waals surface area contributed by atoms with Gasteiger partial charge in [-0.3, -0.25) is 4.79 Å². The summed E-state index contributed by atoms with van der Waals surface area (Å²) in [6.07, 6.45) is 1.12. The average molecular weight is 404 g/mol. The molecule has 1 saturated heterocycles. The number of amides is 1. The summed E-state index contributed by atoms with van der Waals surface area (Å²) in [5.41, 5.74) is 0.407. The van der Waals surface area contributed by atoms with Crippen LogP contribution in [0.25, 0.3) is 10.8 Å². The van der Waals surface area contributed by atoms with Crippen LogP contribution >= 0.6 is 0 Å². The number of hydrogen-bond acceptors (Lipinski definition) is 5. The van der Waals surface area contributed by atoms with E-state index in [4.69, 9.17) is 4.74 Å². The van der Waals surface area contributed by atoms with E-state index >= 15 is 0 Å². The molecule has 3 rings (SSSR count). The molecule has 0 bridgehead atoms. The second kappa shape index (κ2) is 8.31. The number of rotatable bonds is 6. The van der Waals surface area contributed by atoms with Crippen molar-refractivity contribution in [3.8, 4) is 0 Å².